The van der Waals surface area contributed by atoms with Crippen LogP contribution >= 0.6 is 0 Å². The zero-order valence-corrected chi connectivity index (χ0v) is 11.2. The van der Waals surface area contributed by atoms with Crippen LogP contribution in [0.2, 0.25) is 0 Å². The van der Waals surface area contributed by atoms with Crippen LogP contribution < -0.4 is 10.1 Å². The predicted octanol–water partition coefficient (Wildman–Crippen LogP) is 2.38. The van der Waals surface area contributed by atoms with Crippen molar-refractivity contribution < 1.29 is 18.6 Å². The maximum absolute atomic E-state index is 13.1. The van der Waals surface area contributed by atoms with Gasteiger partial charge in [-0.1, -0.05) is 0 Å². The van der Waals surface area contributed by atoms with Gasteiger partial charge in [0.25, 0.3) is 0 Å². The maximum atomic E-state index is 13.1. The van der Waals surface area contributed by atoms with Gasteiger partial charge in [0.05, 0.1) is 6.61 Å². The summed E-state index contributed by atoms with van der Waals surface area (Å²) in [6.45, 7) is 0.0703. The van der Waals surface area contributed by atoms with Crippen molar-refractivity contribution in [3.05, 3.63) is 29.8 Å². The van der Waals surface area contributed by atoms with Gasteiger partial charge in [-0.05, 0) is 25.7 Å². The summed E-state index contributed by atoms with van der Waals surface area (Å²) < 4.78 is 31.9. The van der Waals surface area contributed by atoms with Crippen LogP contribution in [0, 0.1) is 11.6 Å². The monoisotopic (exact) mass is 283 g/mol. The molecule has 0 spiro atoms. The molecule has 2 unspecified atom stereocenters. The molecule has 2 fully saturated rings. The lowest BCUT2D eigenvalue weighted by Crippen LogP contribution is -2.48. The third-order valence-corrected chi connectivity index (χ3v) is 4.09. The van der Waals surface area contributed by atoms with Crippen LogP contribution in [-0.2, 0) is 0 Å². The number of nitrogens with one attached hydrogen (secondary N) is 1. The molecule has 5 heteroatoms. The summed E-state index contributed by atoms with van der Waals surface area (Å²) in [6, 6.07) is 3.72. The second-order valence-corrected chi connectivity index (χ2v) is 5.94. The summed E-state index contributed by atoms with van der Waals surface area (Å²) >= 11 is 0. The Labute approximate surface area is 116 Å². The first-order chi connectivity index (χ1) is 9.58. The summed E-state index contributed by atoms with van der Waals surface area (Å²) in [6.07, 6.45) is 4.46. The van der Waals surface area contributed by atoms with Gasteiger partial charge in [0.1, 0.15) is 23.5 Å². The summed E-state index contributed by atoms with van der Waals surface area (Å²) in [4.78, 5) is 0. The van der Waals surface area contributed by atoms with E-state index < -0.39 is 11.6 Å². The van der Waals surface area contributed by atoms with E-state index in [0.717, 1.165) is 31.7 Å². The molecule has 20 heavy (non-hydrogen) atoms. The molecular weight excluding hydrogens is 264 g/mol. The number of rotatable bonds is 5. The molecule has 3 rings (SSSR count). The molecule has 0 saturated heterocycles. The first-order valence-electron chi connectivity index (χ1n) is 7.10. The molecule has 0 amide bonds. The van der Waals surface area contributed by atoms with Crippen molar-refractivity contribution in [2.75, 3.05) is 6.61 Å². The van der Waals surface area contributed by atoms with Gasteiger partial charge in [0.15, 0.2) is 0 Å². The van der Waals surface area contributed by atoms with E-state index >= 15 is 0 Å². The Morgan fingerprint density at radius 3 is 2.50 bits per heavy atom. The van der Waals surface area contributed by atoms with Crippen molar-refractivity contribution in [1.29, 1.82) is 0 Å². The number of hydrogen-bond acceptors (Lipinski definition) is 3. The third kappa shape index (κ3) is 3.10. The standard InChI is InChI=1S/C15H19F2NO2/c16-10-5-11(17)7-14(6-10)20-13-3-4-15(8-13,9-19)18-12-1-2-12/h5-7,12-13,18-19H,1-4,8-9H2. The zero-order chi connectivity index (χ0) is 14.2. The second-order valence-electron chi connectivity index (χ2n) is 5.94. The largest absolute Gasteiger partial charge is 0.490 e. The fraction of sp³-hybridized carbons (Fsp3) is 0.600. The Bertz CT molecular complexity index is 473. The van der Waals surface area contributed by atoms with E-state index in [2.05, 4.69) is 5.32 Å². The van der Waals surface area contributed by atoms with Crippen molar-refractivity contribution >= 4 is 0 Å². The number of halogens is 2. The van der Waals surface area contributed by atoms with Crippen molar-refractivity contribution in [3.8, 4) is 5.75 Å². The molecule has 2 aliphatic carbocycles. The summed E-state index contributed by atoms with van der Waals surface area (Å²) in [5.74, 6) is -1.06. The highest BCUT2D eigenvalue weighted by atomic mass is 19.1. The molecule has 3 nitrogen and oxygen atoms in total. The number of aliphatic hydroxyl groups excluding tert-OH is 1. The fourth-order valence-corrected chi connectivity index (χ4v) is 2.95. The zero-order valence-electron chi connectivity index (χ0n) is 11.2. The maximum Gasteiger partial charge on any atom is 0.129 e. The Morgan fingerprint density at radius 1 is 1.20 bits per heavy atom. The van der Waals surface area contributed by atoms with E-state index in [4.69, 9.17) is 4.74 Å². The molecule has 0 radical (unpaired) electrons. The van der Waals surface area contributed by atoms with E-state index in [0.29, 0.717) is 12.5 Å². The SMILES string of the molecule is OCC1(NC2CC2)CCC(Oc2cc(F)cc(F)c2)C1. The Morgan fingerprint density at radius 2 is 1.90 bits per heavy atom. The highest BCUT2D eigenvalue weighted by molar-refractivity contribution is 5.24. The van der Waals surface area contributed by atoms with Gasteiger partial charge in [0.2, 0.25) is 0 Å². The Hall–Kier alpha value is -1.20. The first-order valence-corrected chi connectivity index (χ1v) is 7.10. The molecular formula is C15H19F2NO2. The van der Waals surface area contributed by atoms with Crippen LogP contribution in [0.5, 0.6) is 5.75 Å². The van der Waals surface area contributed by atoms with Crippen LogP contribution in [0.4, 0.5) is 8.78 Å². The Kier molecular flexibility index (Phi) is 3.65. The topological polar surface area (TPSA) is 41.5 Å². The molecule has 0 aliphatic heterocycles. The number of aliphatic hydroxyl groups is 1. The smallest absolute Gasteiger partial charge is 0.129 e. The molecule has 2 aliphatic rings. The lowest BCUT2D eigenvalue weighted by molar-refractivity contribution is 0.138. The van der Waals surface area contributed by atoms with Gasteiger partial charge in [-0.15, -0.1) is 0 Å². The van der Waals surface area contributed by atoms with Crippen LogP contribution in [0.25, 0.3) is 0 Å². The van der Waals surface area contributed by atoms with E-state index in [9.17, 15) is 13.9 Å². The molecule has 110 valence electrons. The molecule has 2 N–H and O–H groups in total. The van der Waals surface area contributed by atoms with Crippen LogP contribution in [-0.4, -0.2) is 29.4 Å². The molecule has 2 saturated carbocycles. The number of benzene rings is 1. The van der Waals surface area contributed by atoms with Gasteiger partial charge in [0, 0.05) is 36.2 Å². The normalized spacial score (nSPS) is 29.6. The van der Waals surface area contributed by atoms with E-state index in [1.54, 1.807) is 0 Å². The van der Waals surface area contributed by atoms with Gasteiger partial charge in [-0.25, -0.2) is 8.78 Å². The van der Waals surface area contributed by atoms with Gasteiger partial charge < -0.3 is 15.2 Å². The third-order valence-electron chi connectivity index (χ3n) is 4.09. The van der Waals surface area contributed by atoms with Crippen LogP contribution in [0.15, 0.2) is 18.2 Å². The highest BCUT2D eigenvalue weighted by Gasteiger charge is 2.42. The summed E-state index contributed by atoms with van der Waals surface area (Å²) in [5.41, 5.74) is -0.294. The first kappa shape index (κ1) is 13.8. The molecule has 1 aromatic rings. The van der Waals surface area contributed by atoms with Crippen molar-refractivity contribution in [2.24, 2.45) is 0 Å². The molecule has 0 heterocycles. The van der Waals surface area contributed by atoms with Crippen LogP contribution in [0.3, 0.4) is 0 Å². The van der Waals surface area contributed by atoms with E-state index in [1.165, 1.54) is 12.1 Å². The molecule has 1 aromatic carbocycles. The summed E-state index contributed by atoms with van der Waals surface area (Å²) in [5, 5.41) is 13.1. The van der Waals surface area contributed by atoms with Crippen LogP contribution in [0.1, 0.15) is 32.1 Å². The number of ether oxygens (including phenoxy) is 1. The molecule has 0 aromatic heterocycles. The lowest BCUT2D eigenvalue weighted by Gasteiger charge is -2.28. The van der Waals surface area contributed by atoms with Crippen molar-refractivity contribution in [1.82, 2.24) is 5.32 Å². The Balaban J connectivity index is 1.64. The average molecular weight is 283 g/mol. The average Bonchev–Trinajstić information content (AvgIpc) is 3.09. The van der Waals surface area contributed by atoms with Crippen molar-refractivity contribution in [2.45, 2.75) is 49.8 Å². The minimum atomic E-state index is -0.637. The minimum Gasteiger partial charge on any atom is -0.490 e. The van der Waals surface area contributed by atoms with Gasteiger partial charge in [-0.3, -0.25) is 0 Å². The second kappa shape index (κ2) is 5.30. The predicted molar refractivity (Wildman–Crippen MR) is 70.6 cm³/mol. The number of hydrogen-bond donors (Lipinski definition) is 2. The van der Waals surface area contributed by atoms with Gasteiger partial charge in [-0.2, -0.15) is 0 Å². The summed E-state index contributed by atoms with van der Waals surface area (Å²) in [7, 11) is 0. The highest BCUT2D eigenvalue weighted by Crippen LogP contribution is 2.35. The quantitative estimate of drug-likeness (QED) is 0.872. The van der Waals surface area contributed by atoms with Crippen molar-refractivity contribution in [3.63, 3.8) is 0 Å². The molecule has 0 bridgehead atoms. The lowest BCUT2D eigenvalue weighted by atomic mass is 9.98. The van der Waals surface area contributed by atoms with Gasteiger partial charge >= 0.3 is 0 Å². The van der Waals surface area contributed by atoms with E-state index in [-0.39, 0.29) is 24.0 Å². The minimum absolute atomic E-state index is 0.0703. The van der Waals surface area contributed by atoms with E-state index in [1.807, 2.05) is 0 Å². The molecule has 2 atom stereocenters. The fourth-order valence-electron chi connectivity index (χ4n) is 2.95.